The van der Waals surface area contributed by atoms with Crippen LogP contribution < -0.4 is 15.1 Å². The van der Waals surface area contributed by atoms with E-state index in [1.165, 1.54) is 19.2 Å². The Kier molecular flexibility index (Phi) is 6.19. The first kappa shape index (κ1) is 20.1. The molecule has 0 bridgehead atoms. The van der Waals surface area contributed by atoms with Crippen molar-refractivity contribution in [3.8, 4) is 11.5 Å². The SMILES string of the molecule is CCCCCC(C)Oc1cc(OC(C)=O)c2c(c1)oc(=O)c1c(Cl)ccnc12. The third-order valence-electron chi connectivity index (χ3n) is 4.39. The Morgan fingerprint density at radius 1 is 1.29 bits per heavy atom. The normalized spacial score (nSPS) is 12.3. The van der Waals surface area contributed by atoms with Crippen LogP contribution in [0, 0.1) is 0 Å². The van der Waals surface area contributed by atoms with Gasteiger partial charge in [-0.3, -0.25) is 9.78 Å². The van der Waals surface area contributed by atoms with E-state index in [1.54, 1.807) is 12.1 Å². The van der Waals surface area contributed by atoms with Crippen molar-refractivity contribution in [1.82, 2.24) is 4.98 Å². The van der Waals surface area contributed by atoms with Gasteiger partial charge in [-0.25, -0.2) is 4.79 Å². The number of pyridine rings is 1. The molecule has 1 unspecified atom stereocenters. The Balaban J connectivity index is 2.13. The Morgan fingerprint density at radius 2 is 2.07 bits per heavy atom. The minimum absolute atomic E-state index is 0.0334. The van der Waals surface area contributed by atoms with E-state index < -0.39 is 11.6 Å². The number of benzene rings is 1. The standard InChI is InChI=1S/C21H22ClNO5/c1-4-5-6-7-12(2)26-14-10-16(27-13(3)24)19-17(11-14)28-21(25)18-15(22)8-9-23-20(18)19/h8-12H,4-7H2,1-3H3. The molecule has 1 atom stereocenters. The number of carbonyl (C=O) groups is 1. The van der Waals surface area contributed by atoms with Gasteiger partial charge in [0.2, 0.25) is 0 Å². The summed E-state index contributed by atoms with van der Waals surface area (Å²) in [5.74, 6) is 0.164. The van der Waals surface area contributed by atoms with Gasteiger partial charge in [-0.05, 0) is 25.8 Å². The van der Waals surface area contributed by atoms with E-state index in [0.717, 1.165) is 25.7 Å². The maximum Gasteiger partial charge on any atom is 0.347 e. The van der Waals surface area contributed by atoms with Crippen LogP contribution in [-0.2, 0) is 4.79 Å². The average Bonchev–Trinajstić information content (AvgIpc) is 2.61. The van der Waals surface area contributed by atoms with Gasteiger partial charge in [0.05, 0.1) is 22.0 Å². The molecule has 0 aliphatic rings. The predicted octanol–water partition coefficient (Wildman–Crippen LogP) is 5.27. The highest BCUT2D eigenvalue weighted by atomic mass is 35.5. The van der Waals surface area contributed by atoms with Crippen LogP contribution in [0.15, 0.2) is 33.6 Å². The van der Waals surface area contributed by atoms with Crippen LogP contribution >= 0.6 is 11.6 Å². The zero-order valence-electron chi connectivity index (χ0n) is 16.1. The number of hydrogen-bond donors (Lipinski definition) is 0. The molecule has 1 aromatic carbocycles. The molecule has 0 saturated carbocycles. The van der Waals surface area contributed by atoms with Crippen molar-refractivity contribution in [2.75, 3.05) is 0 Å². The second-order valence-electron chi connectivity index (χ2n) is 6.72. The summed E-state index contributed by atoms with van der Waals surface area (Å²) in [5.41, 5.74) is -0.0677. The maximum absolute atomic E-state index is 12.4. The molecule has 0 spiro atoms. The van der Waals surface area contributed by atoms with Crippen LogP contribution in [0.3, 0.4) is 0 Å². The number of aromatic nitrogens is 1. The van der Waals surface area contributed by atoms with Crippen LogP contribution in [0.5, 0.6) is 11.5 Å². The van der Waals surface area contributed by atoms with Gasteiger partial charge < -0.3 is 13.9 Å². The summed E-state index contributed by atoms with van der Waals surface area (Å²) < 4.78 is 16.8. The lowest BCUT2D eigenvalue weighted by atomic mass is 10.1. The van der Waals surface area contributed by atoms with Crippen LogP contribution in [0.25, 0.3) is 21.9 Å². The first-order valence-corrected chi connectivity index (χ1v) is 9.68. The van der Waals surface area contributed by atoms with Crippen molar-refractivity contribution in [2.24, 2.45) is 0 Å². The van der Waals surface area contributed by atoms with E-state index in [0.29, 0.717) is 16.7 Å². The summed E-state index contributed by atoms with van der Waals surface area (Å²) in [6.07, 6.45) is 5.68. The number of hydrogen-bond acceptors (Lipinski definition) is 6. The van der Waals surface area contributed by atoms with Crippen molar-refractivity contribution in [3.63, 3.8) is 0 Å². The van der Waals surface area contributed by atoms with Gasteiger partial charge in [0, 0.05) is 25.3 Å². The highest BCUT2D eigenvalue weighted by Crippen LogP contribution is 2.36. The van der Waals surface area contributed by atoms with E-state index in [1.807, 2.05) is 6.92 Å². The number of nitrogens with zero attached hydrogens (tertiary/aromatic N) is 1. The summed E-state index contributed by atoms with van der Waals surface area (Å²) in [5, 5.41) is 0.768. The lowest BCUT2D eigenvalue weighted by Crippen LogP contribution is -2.12. The molecule has 6 nitrogen and oxygen atoms in total. The van der Waals surface area contributed by atoms with E-state index in [2.05, 4.69) is 11.9 Å². The monoisotopic (exact) mass is 403 g/mol. The first-order valence-electron chi connectivity index (χ1n) is 9.30. The topological polar surface area (TPSA) is 78.6 Å². The first-order chi connectivity index (χ1) is 13.4. The molecule has 0 radical (unpaired) electrons. The summed E-state index contributed by atoms with van der Waals surface area (Å²) >= 11 is 6.15. The third kappa shape index (κ3) is 4.28. The van der Waals surface area contributed by atoms with Crippen LogP contribution in [-0.4, -0.2) is 17.1 Å². The molecule has 2 heterocycles. The van der Waals surface area contributed by atoms with E-state index in [-0.39, 0.29) is 27.8 Å². The Morgan fingerprint density at radius 3 is 2.79 bits per heavy atom. The largest absolute Gasteiger partial charge is 0.490 e. The summed E-state index contributed by atoms with van der Waals surface area (Å²) in [4.78, 5) is 28.3. The molecule has 3 rings (SSSR count). The summed E-state index contributed by atoms with van der Waals surface area (Å²) in [7, 11) is 0. The minimum atomic E-state index is -0.609. The van der Waals surface area contributed by atoms with E-state index in [4.69, 9.17) is 25.5 Å². The number of ether oxygens (including phenoxy) is 2. The Hall–Kier alpha value is -2.60. The fraction of sp³-hybridized carbons (Fsp3) is 0.381. The highest BCUT2D eigenvalue weighted by Gasteiger charge is 2.19. The van der Waals surface area contributed by atoms with E-state index in [9.17, 15) is 9.59 Å². The van der Waals surface area contributed by atoms with Gasteiger partial charge in [-0.2, -0.15) is 0 Å². The highest BCUT2D eigenvalue weighted by molar-refractivity contribution is 6.36. The molecule has 0 N–H and O–H groups in total. The van der Waals surface area contributed by atoms with Gasteiger partial charge in [0.15, 0.2) is 0 Å². The van der Waals surface area contributed by atoms with Crippen LogP contribution in [0.4, 0.5) is 0 Å². The fourth-order valence-corrected chi connectivity index (χ4v) is 3.35. The zero-order valence-corrected chi connectivity index (χ0v) is 16.8. The smallest absolute Gasteiger partial charge is 0.347 e. The number of fused-ring (bicyclic) bond motifs is 3. The second-order valence-corrected chi connectivity index (χ2v) is 7.13. The number of unbranched alkanes of at least 4 members (excludes halogenated alkanes) is 2. The number of carbonyl (C=O) groups excluding carboxylic acids is 1. The molecule has 2 aromatic heterocycles. The van der Waals surface area contributed by atoms with Crippen molar-refractivity contribution in [1.29, 1.82) is 0 Å². The fourth-order valence-electron chi connectivity index (χ4n) is 3.13. The summed E-state index contributed by atoms with van der Waals surface area (Å²) in [6.45, 7) is 5.42. The van der Waals surface area contributed by atoms with Gasteiger partial charge in [0.1, 0.15) is 22.5 Å². The van der Waals surface area contributed by atoms with Gasteiger partial charge in [0.25, 0.3) is 0 Å². The Bertz CT molecular complexity index is 1080. The molecule has 3 aromatic rings. The molecule has 0 saturated heterocycles. The van der Waals surface area contributed by atoms with Crippen molar-refractivity contribution in [2.45, 2.75) is 52.6 Å². The van der Waals surface area contributed by atoms with Crippen molar-refractivity contribution >= 4 is 39.4 Å². The third-order valence-corrected chi connectivity index (χ3v) is 4.70. The van der Waals surface area contributed by atoms with E-state index >= 15 is 0 Å². The molecular formula is C21H22ClNO5. The molecule has 0 aliphatic carbocycles. The van der Waals surface area contributed by atoms with Gasteiger partial charge in [-0.15, -0.1) is 0 Å². The number of esters is 1. The quantitative estimate of drug-likeness (QED) is 0.176. The average molecular weight is 404 g/mol. The van der Waals surface area contributed by atoms with Crippen LogP contribution in [0.2, 0.25) is 5.02 Å². The minimum Gasteiger partial charge on any atom is -0.490 e. The lowest BCUT2D eigenvalue weighted by Gasteiger charge is -2.16. The molecule has 0 amide bonds. The van der Waals surface area contributed by atoms with Gasteiger partial charge in [-0.1, -0.05) is 31.4 Å². The van der Waals surface area contributed by atoms with Crippen molar-refractivity contribution < 1.29 is 18.7 Å². The Labute approximate surface area is 167 Å². The summed E-state index contributed by atoms with van der Waals surface area (Å²) in [6, 6.07) is 4.73. The second kappa shape index (κ2) is 8.61. The molecule has 7 heteroatoms. The van der Waals surface area contributed by atoms with Gasteiger partial charge >= 0.3 is 11.6 Å². The number of rotatable bonds is 7. The molecular weight excluding hydrogens is 382 g/mol. The van der Waals surface area contributed by atoms with Crippen LogP contribution in [0.1, 0.15) is 46.5 Å². The lowest BCUT2D eigenvalue weighted by molar-refractivity contribution is -0.131. The molecule has 28 heavy (non-hydrogen) atoms. The maximum atomic E-state index is 12.4. The zero-order chi connectivity index (χ0) is 20.3. The predicted molar refractivity (Wildman–Crippen MR) is 108 cm³/mol. The molecule has 0 aliphatic heterocycles. The molecule has 0 fully saturated rings. The molecule has 148 valence electrons. The number of halogens is 1. The van der Waals surface area contributed by atoms with Crippen molar-refractivity contribution in [3.05, 3.63) is 39.8 Å².